The molecule has 40 atom stereocenters. The number of ether oxygens (including phenoxy) is 13. The summed E-state index contributed by atoms with van der Waals surface area (Å²) in [4.78, 5) is 33.9. The van der Waals surface area contributed by atoms with Crippen LogP contribution >= 0.6 is 15.6 Å². The lowest BCUT2D eigenvalue weighted by atomic mass is 9.91. The Morgan fingerprint density at radius 1 is 0.465 bits per heavy atom. The molecule has 0 aromatic carbocycles. The zero-order valence-electron chi connectivity index (χ0n) is 51.3. The second-order valence-corrected chi connectivity index (χ2v) is 26.9. The van der Waals surface area contributed by atoms with Crippen LogP contribution in [0.25, 0.3) is 0 Å². The standard InChI is InChI=1S/C49H88N2O46P2/c50-1-2-84-98(78,79)97-99(80,81)96-41-36(15(61)10-83-43-27(69)25(67)26(68)34(88-43)14(60)9-82-42-19(51)23(65)20(62)16(6-54)85-42)91-47(90-35-11(57)3-49(77,48(75)76)95-37(35)13(59)5-53)32(74)40(41)94-46-31(73)39(29(71)33(89-46)12(58)4-52)93-45-30(72)38(22(64)18(8-56)87-45)92-44-28(70)24(66)21(63)17(7-55)86-44/h11-47,52-74,77H,1-10,50-51H2,(H,75,76)(H,78,79)(H,80,81)/t11-,12+,13-,14+,15+,16-,17-,18-,19-,20-,21-,22-,23-,24+,25+,26+,27+,28-,29-,30-,31+,32+,33-,34-,35-,36-,37-,38+,39+,40-,41-,42+,43+,44-,45-,46-,47+,49-/m1/s1. The van der Waals surface area contributed by atoms with Crippen molar-refractivity contribution in [1.82, 2.24) is 0 Å². The first-order chi connectivity index (χ1) is 46.3. The number of rotatable bonds is 31. The normalized spacial score (nSPS) is 47.3. The van der Waals surface area contributed by atoms with Crippen LogP contribution in [-0.2, 0) is 88.9 Å². The SMILES string of the molecule is NCCOP(=O)(O)OP(=O)(O)O[C@H]1[C@H](O[C@H]2O[C@H]([C@@H](O)CO)[C@@H](O)[C@H](O[C@H]3O[C@H](CO)[C@@H](O)[C@H](O[C@H]4O[C@H](CO)[C@@H](O)[C@H](O)[C@H]4O)[C@H]3O)[C@@H]2O)[C@H](O)[C@@H](O[C@H]2[C@@H]([C@H](O)CO)O[C@@](O)(C(=O)O)C[C@H]2O)O[C@@H]1[C@@H](O)CO[C@H]1O[C@H]([C@@H](O)CO[C@H]2O[C@H](CO)[C@@H](O)[C@H](O)[C@H]2N)[C@@H](O)[C@H](O)[C@@H]1O. The van der Waals surface area contributed by atoms with Crippen LogP contribution in [0.1, 0.15) is 6.42 Å². The maximum atomic E-state index is 14.1. The van der Waals surface area contributed by atoms with Gasteiger partial charge >= 0.3 is 21.6 Å². The Morgan fingerprint density at radius 3 is 1.42 bits per heavy atom. The van der Waals surface area contributed by atoms with Gasteiger partial charge in [0.25, 0.3) is 5.79 Å². The van der Waals surface area contributed by atoms with E-state index in [4.69, 9.17) is 77.6 Å². The number of carbonyl (C=O) groups is 1. The van der Waals surface area contributed by atoms with E-state index in [1.165, 1.54) is 0 Å². The van der Waals surface area contributed by atoms with Gasteiger partial charge < -0.3 is 210 Å². The summed E-state index contributed by atoms with van der Waals surface area (Å²) in [6.07, 6.45) is -85.2. The number of nitrogens with two attached hydrogens (primary N) is 2. The van der Waals surface area contributed by atoms with E-state index in [2.05, 4.69) is 8.83 Å². The summed E-state index contributed by atoms with van der Waals surface area (Å²) < 4.78 is 114. The van der Waals surface area contributed by atoms with Gasteiger partial charge in [-0.3, -0.25) is 9.05 Å². The summed E-state index contributed by atoms with van der Waals surface area (Å²) in [7, 11) is -12.3. The first kappa shape index (κ1) is 84.4. The van der Waals surface area contributed by atoms with Gasteiger partial charge in [0.05, 0.1) is 65.0 Å². The minimum absolute atomic E-state index is 0.553. The van der Waals surface area contributed by atoms with E-state index in [9.17, 15) is 151 Å². The smallest absolute Gasteiger partial charge is 0.477 e. The number of aliphatic hydroxyl groups excluding tert-OH is 23. The van der Waals surface area contributed by atoms with Gasteiger partial charge in [0.2, 0.25) is 0 Å². The summed E-state index contributed by atoms with van der Waals surface area (Å²) in [5.41, 5.74) is 11.2. The molecular formula is C49H88N2O46P2. The van der Waals surface area contributed by atoms with Gasteiger partial charge in [0.15, 0.2) is 37.7 Å². The molecule has 7 aliphatic heterocycles. The number of aliphatic hydroxyl groups is 24. The fourth-order valence-corrected chi connectivity index (χ4v) is 13.8. The number of phosphoric ester groups is 2. The highest BCUT2D eigenvalue weighted by Crippen LogP contribution is 2.62. The van der Waals surface area contributed by atoms with Crippen LogP contribution in [0.5, 0.6) is 0 Å². The van der Waals surface area contributed by atoms with Crippen LogP contribution in [0, 0.1) is 0 Å². The molecule has 7 heterocycles. The average molecular weight is 1500 g/mol. The van der Waals surface area contributed by atoms with Crippen molar-refractivity contribution in [2.24, 2.45) is 11.5 Å². The number of carboxylic acid groups (broad SMARTS) is 1. The summed E-state index contributed by atoms with van der Waals surface area (Å²) in [6.45, 7) is -9.80. The van der Waals surface area contributed by atoms with Gasteiger partial charge in [-0.15, -0.1) is 0 Å². The molecule has 7 rings (SSSR count). The zero-order chi connectivity index (χ0) is 73.8. The second kappa shape index (κ2) is 35.7. The molecule has 0 aliphatic carbocycles. The van der Waals surface area contributed by atoms with Gasteiger partial charge in [0.1, 0.15) is 177 Å². The molecule has 7 saturated heterocycles. The van der Waals surface area contributed by atoms with Crippen molar-refractivity contribution in [1.29, 1.82) is 0 Å². The largest absolute Gasteiger partial charge is 0.481 e. The highest BCUT2D eigenvalue weighted by Gasteiger charge is 2.62. The molecule has 0 amide bonds. The molecule has 0 radical (unpaired) electrons. The molecule has 0 spiro atoms. The molecule has 0 bridgehead atoms. The monoisotopic (exact) mass is 1500 g/mol. The molecule has 99 heavy (non-hydrogen) atoms. The van der Waals surface area contributed by atoms with Crippen molar-refractivity contribution in [3.63, 3.8) is 0 Å². The van der Waals surface area contributed by atoms with Crippen LogP contribution in [0.4, 0.5) is 0 Å². The number of hydrogen-bond acceptors (Lipinski definition) is 45. The van der Waals surface area contributed by atoms with Crippen molar-refractivity contribution in [3.8, 4) is 0 Å². The Morgan fingerprint density at radius 2 is 0.879 bits per heavy atom. The highest BCUT2D eigenvalue weighted by molar-refractivity contribution is 7.61. The molecule has 7 aliphatic rings. The molecule has 48 nitrogen and oxygen atoms in total. The molecular weight excluding hydrogens is 1410 g/mol. The van der Waals surface area contributed by atoms with Crippen molar-refractivity contribution < 1.29 is 226 Å². The van der Waals surface area contributed by atoms with Gasteiger partial charge in [-0.2, -0.15) is 4.31 Å². The van der Waals surface area contributed by atoms with Gasteiger partial charge in [-0.1, -0.05) is 0 Å². The summed E-state index contributed by atoms with van der Waals surface area (Å²) in [5.74, 6) is -5.59. The third-order valence-electron chi connectivity index (χ3n) is 16.9. The van der Waals surface area contributed by atoms with Crippen molar-refractivity contribution in [3.05, 3.63) is 0 Å². The van der Waals surface area contributed by atoms with Crippen molar-refractivity contribution in [2.75, 3.05) is 59.4 Å². The van der Waals surface area contributed by atoms with Crippen molar-refractivity contribution in [2.45, 2.75) is 239 Å². The molecule has 31 N–H and O–H groups in total. The molecule has 7 fully saturated rings. The maximum Gasteiger partial charge on any atom is 0.481 e. The van der Waals surface area contributed by atoms with Gasteiger partial charge in [-0.25, -0.2) is 13.9 Å². The number of phosphoric acid groups is 2. The number of carboxylic acids is 1. The zero-order valence-corrected chi connectivity index (χ0v) is 53.1. The topological polar surface area (TPSA) is 797 Å². The van der Waals surface area contributed by atoms with E-state index in [0.29, 0.717) is 0 Å². The second-order valence-electron chi connectivity index (χ2n) is 23.9. The molecule has 0 saturated carbocycles. The molecule has 2 unspecified atom stereocenters. The Bertz CT molecular complexity index is 2600. The van der Waals surface area contributed by atoms with Crippen LogP contribution in [0.3, 0.4) is 0 Å². The minimum atomic E-state index is -6.47. The molecule has 0 aromatic rings. The Labute approximate surface area is 556 Å². The fraction of sp³-hybridized carbons (Fsp3) is 0.980. The van der Waals surface area contributed by atoms with Crippen LogP contribution in [-0.4, -0.2) is 436 Å². The third kappa shape index (κ3) is 19.3. The van der Waals surface area contributed by atoms with Crippen LogP contribution in [0.2, 0.25) is 0 Å². The van der Waals surface area contributed by atoms with E-state index in [-0.39, 0.29) is 0 Å². The van der Waals surface area contributed by atoms with Crippen LogP contribution in [0.15, 0.2) is 0 Å². The predicted molar refractivity (Wildman–Crippen MR) is 298 cm³/mol. The predicted octanol–water partition coefficient (Wildman–Crippen LogP) is -18.2. The third-order valence-corrected chi connectivity index (χ3v) is 19.6. The highest BCUT2D eigenvalue weighted by atomic mass is 31.3. The van der Waals surface area contributed by atoms with E-state index in [0.717, 1.165) is 0 Å². The molecule has 50 heteroatoms. The maximum absolute atomic E-state index is 14.1. The van der Waals surface area contributed by atoms with E-state index in [1.54, 1.807) is 0 Å². The molecule has 580 valence electrons. The lowest BCUT2D eigenvalue weighted by molar-refractivity contribution is -0.399. The Hall–Kier alpha value is -1.83. The van der Waals surface area contributed by atoms with Crippen molar-refractivity contribution >= 4 is 21.6 Å². The number of aliphatic carboxylic acids is 1. The van der Waals surface area contributed by atoms with E-state index < -0.39 is 320 Å². The lowest BCUT2D eigenvalue weighted by Crippen LogP contribution is -2.69. The Kier molecular flexibility index (Phi) is 30.5. The summed E-state index contributed by atoms with van der Waals surface area (Å²) >= 11 is 0. The molecule has 0 aromatic heterocycles. The minimum Gasteiger partial charge on any atom is -0.477 e. The van der Waals surface area contributed by atoms with E-state index >= 15 is 0 Å². The quantitative estimate of drug-likeness (QED) is 0.0287. The Balaban J connectivity index is 1.27. The van der Waals surface area contributed by atoms with E-state index in [1.807, 2.05) is 0 Å². The summed E-state index contributed by atoms with van der Waals surface area (Å²) in [5, 5.41) is 271. The number of hydrogen-bond donors (Lipinski definition) is 29. The van der Waals surface area contributed by atoms with Crippen LogP contribution < -0.4 is 11.5 Å². The lowest BCUT2D eigenvalue weighted by Gasteiger charge is -2.51. The first-order valence-corrected chi connectivity index (χ1v) is 33.2. The van der Waals surface area contributed by atoms with Gasteiger partial charge in [0, 0.05) is 13.0 Å². The first-order valence-electron chi connectivity index (χ1n) is 30.2. The van der Waals surface area contributed by atoms with Gasteiger partial charge in [-0.05, 0) is 0 Å². The average Bonchev–Trinajstić information content (AvgIpc) is 0.782. The fourth-order valence-electron chi connectivity index (χ4n) is 11.6. The summed E-state index contributed by atoms with van der Waals surface area (Å²) in [6, 6.07) is -1.54.